The Kier molecular flexibility index (Phi) is 4.92. The number of benzene rings is 1. The predicted octanol–water partition coefficient (Wildman–Crippen LogP) is 2.62. The summed E-state index contributed by atoms with van der Waals surface area (Å²) in [7, 11) is 0. The number of urea groups is 1. The van der Waals surface area contributed by atoms with Crippen LogP contribution in [0.5, 0.6) is 0 Å². The van der Waals surface area contributed by atoms with E-state index in [1.54, 1.807) is 23.4 Å². The molecule has 1 aliphatic rings. The third-order valence-corrected chi connectivity index (χ3v) is 4.48. The highest BCUT2D eigenvalue weighted by Crippen LogP contribution is 2.25. The van der Waals surface area contributed by atoms with Crippen molar-refractivity contribution in [2.24, 2.45) is 0 Å². The molecule has 1 saturated heterocycles. The van der Waals surface area contributed by atoms with E-state index in [9.17, 15) is 14.9 Å². The lowest BCUT2D eigenvalue weighted by Crippen LogP contribution is -2.41. The molecule has 0 atom stereocenters. The van der Waals surface area contributed by atoms with Crippen LogP contribution in [0, 0.1) is 10.1 Å². The Morgan fingerprint density at radius 3 is 2.76 bits per heavy atom. The van der Waals surface area contributed by atoms with Gasteiger partial charge in [0.1, 0.15) is 12.7 Å². The van der Waals surface area contributed by atoms with Gasteiger partial charge in [0.15, 0.2) is 0 Å². The second-order valence-electron chi connectivity index (χ2n) is 5.98. The number of likely N-dealkylation sites (tertiary alicyclic amines) is 1. The van der Waals surface area contributed by atoms with Crippen molar-refractivity contribution in [2.75, 3.05) is 18.4 Å². The van der Waals surface area contributed by atoms with Crippen molar-refractivity contribution in [2.45, 2.75) is 32.2 Å². The van der Waals surface area contributed by atoms with Gasteiger partial charge in [-0.05, 0) is 25.3 Å². The maximum atomic E-state index is 12.4. The first-order valence-electron chi connectivity index (χ1n) is 8.26. The van der Waals surface area contributed by atoms with Crippen molar-refractivity contribution >= 4 is 17.4 Å². The van der Waals surface area contributed by atoms with Crippen molar-refractivity contribution in [3.63, 3.8) is 0 Å². The molecule has 1 fully saturated rings. The third kappa shape index (κ3) is 3.76. The van der Waals surface area contributed by atoms with E-state index in [0.29, 0.717) is 30.8 Å². The molecule has 1 aromatic carbocycles. The number of amides is 2. The first-order valence-corrected chi connectivity index (χ1v) is 8.26. The molecule has 0 bridgehead atoms. The molecular formula is C16H20N6O3. The number of carbonyl (C=O) groups is 1. The zero-order chi connectivity index (χ0) is 17.8. The summed E-state index contributed by atoms with van der Waals surface area (Å²) < 4.78 is 1.82. The highest BCUT2D eigenvalue weighted by Gasteiger charge is 2.24. The van der Waals surface area contributed by atoms with Gasteiger partial charge in [0.2, 0.25) is 0 Å². The zero-order valence-corrected chi connectivity index (χ0v) is 14.0. The fraction of sp³-hybridized carbons (Fsp3) is 0.438. The number of nitrogens with zero attached hydrogens (tertiary/aromatic N) is 5. The van der Waals surface area contributed by atoms with Gasteiger partial charge in [-0.2, -0.15) is 5.10 Å². The minimum absolute atomic E-state index is 0.0326. The van der Waals surface area contributed by atoms with Gasteiger partial charge >= 0.3 is 6.03 Å². The number of aryl methyl sites for hydroxylation is 1. The normalized spacial score (nSPS) is 15.2. The lowest BCUT2D eigenvalue weighted by Gasteiger charge is -2.31. The molecule has 0 aliphatic carbocycles. The number of hydrogen-bond donors (Lipinski definition) is 1. The molecule has 0 unspecified atom stereocenters. The van der Waals surface area contributed by atoms with Gasteiger partial charge < -0.3 is 10.2 Å². The molecule has 9 heteroatoms. The second-order valence-corrected chi connectivity index (χ2v) is 5.98. The summed E-state index contributed by atoms with van der Waals surface area (Å²) >= 11 is 0. The van der Waals surface area contributed by atoms with E-state index in [1.165, 1.54) is 12.4 Å². The van der Waals surface area contributed by atoms with Gasteiger partial charge in [0.05, 0.1) is 11.0 Å². The summed E-state index contributed by atoms with van der Waals surface area (Å²) in [6, 6.07) is 4.81. The van der Waals surface area contributed by atoms with Gasteiger partial charge in [0, 0.05) is 30.4 Å². The average molecular weight is 344 g/mol. The fourth-order valence-corrected chi connectivity index (χ4v) is 3.05. The summed E-state index contributed by atoms with van der Waals surface area (Å²) in [4.78, 5) is 28.8. The molecule has 9 nitrogen and oxygen atoms in total. The lowest BCUT2D eigenvalue weighted by molar-refractivity contribution is -0.385. The van der Waals surface area contributed by atoms with E-state index in [0.717, 1.165) is 12.8 Å². The number of nitro groups is 1. The number of piperidine rings is 1. The summed E-state index contributed by atoms with van der Waals surface area (Å²) in [6.07, 6.45) is 5.36. The maximum absolute atomic E-state index is 12.4. The Labute approximate surface area is 144 Å². The van der Waals surface area contributed by atoms with Crippen LogP contribution in [-0.2, 0) is 6.42 Å². The van der Waals surface area contributed by atoms with Crippen LogP contribution in [0.3, 0.4) is 0 Å². The van der Waals surface area contributed by atoms with E-state index in [2.05, 4.69) is 15.4 Å². The predicted molar refractivity (Wildman–Crippen MR) is 91.4 cm³/mol. The molecule has 2 heterocycles. The first kappa shape index (κ1) is 16.9. The van der Waals surface area contributed by atoms with E-state index < -0.39 is 4.92 Å². The number of nitrogens with one attached hydrogen (secondary N) is 1. The molecule has 0 spiro atoms. The molecule has 1 aliphatic heterocycles. The molecule has 0 saturated carbocycles. The maximum Gasteiger partial charge on any atom is 0.321 e. The van der Waals surface area contributed by atoms with Gasteiger partial charge in [-0.3, -0.25) is 10.1 Å². The highest BCUT2D eigenvalue weighted by molar-refractivity contribution is 5.89. The summed E-state index contributed by atoms with van der Waals surface area (Å²) in [6.45, 7) is 3.07. The van der Waals surface area contributed by atoms with E-state index in [1.807, 2.05) is 11.6 Å². The highest BCUT2D eigenvalue weighted by atomic mass is 16.6. The molecule has 1 N–H and O–H groups in total. The average Bonchev–Trinajstić information content (AvgIpc) is 3.16. The van der Waals surface area contributed by atoms with Gasteiger partial charge in [-0.15, -0.1) is 0 Å². The Hall–Kier alpha value is -2.97. The number of aromatic nitrogens is 3. The minimum atomic E-state index is -0.419. The van der Waals surface area contributed by atoms with Gasteiger partial charge in [-0.1, -0.05) is 13.0 Å². The molecule has 1 aromatic heterocycles. The Balaban J connectivity index is 1.61. The molecular weight excluding hydrogens is 324 g/mol. The van der Waals surface area contributed by atoms with Crippen molar-refractivity contribution in [3.8, 4) is 0 Å². The van der Waals surface area contributed by atoms with E-state index in [4.69, 9.17) is 0 Å². The smallest absolute Gasteiger partial charge is 0.321 e. The minimum Gasteiger partial charge on any atom is -0.324 e. The van der Waals surface area contributed by atoms with Crippen LogP contribution in [0.15, 0.2) is 30.9 Å². The first-order chi connectivity index (χ1) is 12.1. The molecule has 25 heavy (non-hydrogen) atoms. The molecule has 2 amide bonds. The Bertz CT molecular complexity index is 753. The molecule has 0 radical (unpaired) electrons. The summed E-state index contributed by atoms with van der Waals surface area (Å²) in [5.74, 6) is 0. The van der Waals surface area contributed by atoms with Crippen molar-refractivity contribution in [3.05, 3.63) is 46.5 Å². The Morgan fingerprint density at radius 2 is 2.16 bits per heavy atom. The van der Waals surface area contributed by atoms with Gasteiger partial charge in [-0.25, -0.2) is 14.5 Å². The zero-order valence-electron chi connectivity index (χ0n) is 14.0. The van der Waals surface area contributed by atoms with E-state index >= 15 is 0 Å². The van der Waals surface area contributed by atoms with Crippen LogP contribution >= 0.6 is 0 Å². The number of anilines is 1. The van der Waals surface area contributed by atoms with Crippen molar-refractivity contribution < 1.29 is 9.72 Å². The van der Waals surface area contributed by atoms with Crippen LogP contribution < -0.4 is 5.32 Å². The van der Waals surface area contributed by atoms with Crippen LogP contribution in [0.2, 0.25) is 0 Å². The standard InChI is InChI=1S/C16H20N6O3/c1-2-12-3-4-13(9-15(12)22(24)25)19-16(23)20-7-5-14(6-8-20)21-11-17-10-18-21/h3-4,9-11,14H,2,5-8H2,1H3,(H,19,23). The van der Waals surface area contributed by atoms with Crippen LogP contribution in [0.4, 0.5) is 16.2 Å². The van der Waals surface area contributed by atoms with E-state index in [-0.39, 0.29) is 17.8 Å². The molecule has 132 valence electrons. The number of nitro benzene ring substituents is 1. The largest absolute Gasteiger partial charge is 0.324 e. The van der Waals surface area contributed by atoms with Crippen molar-refractivity contribution in [1.29, 1.82) is 0 Å². The third-order valence-electron chi connectivity index (χ3n) is 4.48. The van der Waals surface area contributed by atoms with Crippen LogP contribution in [-0.4, -0.2) is 43.7 Å². The SMILES string of the molecule is CCc1ccc(NC(=O)N2CCC(n3cncn3)CC2)cc1[N+](=O)[O-]. The number of carbonyl (C=O) groups excluding carboxylic acids is 1. The van der Waals surface area contributed by atoms with Crippen molar-refractivity contribution in [1.82, 2.24) is 19.7 Å². The van der Waals surface area contributed by atoms with Gasteiger partial charge in [0.25, 0.3) is 5.69 Å². The monoisotopic (exact) mass is 344 g/mol. The topological polar surface area (TPSA) is 106 Å². The van der Waals surface area contributed by atoms with Crippen LogP contribution in [0.25, 0.3) is 0 Å². The number of rotatable bonds is 4. The van der Waals surface area contributed by atoms with Crippen LogP contribution in [0.1, 0.15) is 31.4 Å². The fourth-order valence-electron chi connectivity index (χ4n) is 3.05. The Morgan fingerprint density at radius 1 is 1.40 bits per heavy atom. The summed E-state index contributed by atoms with van der Waals surface area (Å²) in [5, 5.41) is 18.0. The molecule has 2 aromatic rings. The lowest BCUT2D eigenvalue weighted by atomic mass is 10.1. The number of hydrogen-bond acceptors (Lipinski definition) is 5. The quantitative estimate of drug-likeness (QED) is 0.678. The summed E-state index contributed by atoms with van der Waals surface area (Å²) in [5.41, 5.74) is 1.12. The molecule has 3 rings (SSSR count). The second kappa shape index (κ2) is 7.29.